The van der Waals surface area contributed by atoms with Crippen LogP contribution in [0.15, 0.2) is 42.5 Å². The molecular formula is C16H17N3O. The van der Waals surface area contributed by atoms with Crippen molar-refractivity contribution in [3.8, 4) is 5.75 Å². The SMILES string of the molecule is CCc1ccc(Cn2nnc3cccc(OC)c32)cc1. The van der Waals surface area contributed by atoms with Crippen molar-refractivity contribution in [3.63, 3.8) is 0 Å². The van der Waals surface area contributed by atoms with Gasteiger partial charge in [-0.2, -0.15) is 0 Å². The molecule has 3 aromatic rings. The van der Waals surface area contributed by atoms with Crippen LogP contribution < -0.4 is 4.74 Å². The second-order valence-corrected chi connectivity index (χ2v) is 4.75. The molecule has 0 atom stereocenters. The van der Waals surface area contributed by atoms with Crippen LogP contribution in [0.25, 0.3) is 11.0 Å². The highest BCUT2D eigenvalue weighted by atomic mass is 16.5. The van der Waals surface area contributed by atoms with E-state index in [9.17, 15) is 0 Å². The lowest BCUT2D eigenvalue weighted by molar-refractivity contribution is 0.416. The quantitative estimate of drug-likeness (QED) is 0.729. The van der Waals surface area contributed by atoms with Crippen molar-refractivity contribution in [2.24, 2.45) is 0 Å². The summed E-state index contributed by atoms with van der Waals surface area (Å²) >= 11 is 0. The lowest BCUT2D eigenvalue weighted by Crippen LogP contribution is -2.03. The standard InChI is InChI=1S/C16H17N3O/c1-3-12-7-9-13(10-8-12)11-19-16-14(17-18-19)5-4-6-15(16)20-2/h4-10H,3,11H2,1-2H3. The van der Waals surface area contributed by atoms with E-state index in [1.54, 1.807) is 7.11 Å². The molecule has 0 N–H and O–H groups in total. The minimum Gasteiger partial charge on any atom is -0.494 e. The molecule has 4 heteroatoms. The van der Waals surface area contributed by atoms with Gasteiger partial charge in [-0.15, -0.1) is 5.10 Å². The van der Waals surface area contributed by atoms with Crippen LogP contribution in [-0.2, 0) is 13.0 Å². The smallest absolute Gasteiger partial charge is 0.146 e. The molecule has 0 fully saturated rings. The Morgan fingerprint density at radius 1 is 1.05 bits per heavy atom. The van der Waals surface area contributed by atoms with E-state index >= 15 is 0 Å². The van der Waals surface area contributed by atoms with E-state index in [0.717, 1.165) is 23.2 Å². The predicted molar refractivity (Wildman–Crippen MR) is 79.0 cm³/mol. The summed E-state index contributed by atoms with van der Waals surface area (Å²) in [5.41, 5.74) is 4.35. The Morgan fingerprint density at radius 3 is 2.50 bits per heavy atom. The summed E-state index contributed by atoms with van der Waals surface area (Å²) in [4.78, 5) is 0. The molecule has 0 aliphatic carbocycles. The summed E-state index contributed by atoms with van der Waals surface area (Å²) < 4.78 is 7.28. The van der Waals surface area contributed by atoms with Gasteiger partial charge in [-0.25, -0.2) is 4.68 Å². The Bertz CT molecular complexity index is 716. The second-order valence-electron chi connectivity index (χ2n) is 4.75. The average molecular weight is 267 g/mol. The van der Waals surface area contributed by atoms with Crippen LogP contribution in [0.5, 0.6) is 5.75 Å². The monoisotopic (exact) mass is 267 g/mol. The molecule has 0 aliphatic heterocycles. The minimum absolute atomic E-state index is 0.695. The molecular weight excluding hydrogens is 250 g/mol. The highest BCUT2D eigenvalue weighted by molar-refractivity contribution is 5.81. The van der Waals surface area contributed by atoms with Gasteiger partial charge in [0, 0.05) is 0 Å². The largest absolute Gasteiger partial charge is 0.494 e. The van der Waals surface area contributed by atoms with Crippen LogP contribution in [0.4, 0.5) is 0 Å². The fourth-order valence-corrected chi connectivity index (χ4v) is 2.33. The molecule has 2 aromatic carbocycles. The van der Waals surface area contributed by atoms with Crippen LogP contribution in [0.1, 0.15) is 18.1 Å². The van der Waals surface area contributed by atoms with Crippen LogP contribution in [-0.4, -0.2) is 22.1 Å². The summed E-state index contributed by atoms with van der Waals surface area (Å²) in [6, 6.07) is 14.4. The Morgan fingerprint density at radius 2 is 1.80 bits per heavy atom. The zero-order chi connectivity index (χ0) is 13.9. The van der Waals surface area contributed by atoms with Crippen LogP contribution in [0.3, 0.4) is 0 Å². The molecule has 0 radical (unpaired) electrons. The number of hydrogen-bond acceptors (Lipinski definition) is 3. The Balaban J connectivity index is 1.97. The van der Waals surface area contributed by atoms with Gasteiger partial charge in [0.15, 0.2) is 0 Å². The Hall–Kier alpha value is -2.36. The topological polar surface area (TPSA) is 39.9 Å². The highest BCUT2D eigenvalue weighted by Crippen LogP contribution is 2.24. The Kier molecular flexibility index (Phi) is 3.37. The van der Waals surface area contributed by atoms with Crippen molar-refractivity contribution >= 4 is 11.0 Å². The van der Waals surface area contributed by atoms with Crippen LogP contribution >= 0.6 is 0 Å². The number of aromatic nitrogens is 3. The number of hydrogen-bond donors (Lipinski definition) is 0. The van der Waals surface area contributed by atoms with Crippen molar-refractivity contribution in [2.75, 3.05) is 7.11 Å². The molecule has 0 saturated carbocycles. The number of para-hydroxylation sites is 1. The summed E-state index contributed by atoms with van der Waals surface area (Å²) in [6.45, 7) is 2.85. The van der Waals surface area contributed by atoms with Gasteiger partial charge in [-0.1, -0.05) is 42.5 Å². The molecule has 4 nitrogen and oxygen atoms in total. The number of aryl methyl sites for hydroxylation is 1. The first kappa shape index (κ1) is 12.7. The first-order chi connectivity index (χ1) is 9.81. The van der Waals surface area contributed by atoms with E-state index in [0.29, 0.717) is 6.54 Å². The van der Waals surface area contributed by atoms with Crippen molar-refractivity contribution in [3.05, 3.63) is 53.6 Å². The lowest BCUT2D eigenvalue weighted by Gasteiger charge is -2.06. The van der Waals surface area contributed by atoms with Crippen LogP contribution in [0, 0.1) is 0 Å². The number of methoxy groups -OCH3 is 1. The summed E-state index contributed by atoms with van der Waals surface area (Å²) in [6.07, 6.45) is 1.06. The van der Waals surface area contributed by atoms with Gasteiger partial charge in [0.1, 0.15) is 16.8 Å². The maximum atomic E-state index is 5.40. The summed E-state index contributed by atoms with van der Waals surface area (Å²) in [5.74, 6) is 0.803. The number of fused-ring (bicyclic) bond motifs is 1. The highest BCUT2D eigenvalue weighted by Gasteiger charge is 2.10. The molecule has 0 saturated heterocycles. The van der Waals surface area contributed by atoms with Gasteiger partial charge in [-0.05, 0) is 29.7 Å². The van der Waals surface area contributed by atoms with Crippen molar-refractivity contribution < 1.29 is 4.74 Å². The van der Waals surface area contributed by atoms with Gasteiger partial charge in [0.25, 0.3) is 0 Å². The predicted octanol–water partition coefficient (Wildman–Crippen LogP) is 3.05. The maximum Gasteiger partial charge on any atom is 0.146 e. The normalized spacial score (nSPS) is 10.9. The zero-order valence-electron chi connectivity index (χ0n) is 11.7. The van der Waals surface area contributed by atoms with E-state index in [-0.39, 0.29) is 0 Å². The second kappa shape index (κ2) is 5.33. The third-order valence-electron chi connectivity index (χ3n) is 3.48. The van der Waals surface area contributed by atoms with Crippen molar-refractivity contribution in [2.45, 2.75) is 19.9 Å². The molecule has 1 heterocycles. The van der Waals surface area contributed by atoms with Gasteiger partial charge >= 0.3 is 0 Å². The summed E-state index contributed by atoms with van der Waals surface area (Å²) in [7, 11) is 1.67. The molecule has 0 unspecified atom stereocenters. The first-order valence-corrected chi connectivity index (χ1v) is 6.76. The van der Waals surface area contributed by atoms with Crippen molar-refractivity contribution in [1.29, 1.82) is 0 Å². The van der Waals surface area contributed by atoms with Gasteiger partial charge < -0.3 is 4.74 Å². The van der Waals surface area contributed by atoms with E-state index in [2.05, 4.69) is 41.5 Å². The Labute approximate surface area is 118 Å². The molecule has 0 amide bonds. The molecule has 0 aliphatic rings. The minimum atomic E-state index is 0.695. The fourth-order valence-electron chi connectivity index (χ4n) is 2.33. The van der Waals surface area contributed by atoms with Crippen molar-refractivity contribution in [1.82, 2.24) is 15.0 Å². The number of nitrogens with zero attached hydrogens (tertiary/aromatic N) is 3. The van der Waals surface area contributed by atoms with Gasteiger partial charge in [0.05, 0.1) is 13.7 Å². The molecule has 0 bridgehead atoms. The molecule has 20 heavy (non-hydrogen) atoms. The first-order valence-electron chi connectivity index (χ1n) is 6.76. The van der Waals surface area contributed by atoms with Crippen LogP contribution in [0.2, 0.25) is 0 Å². The zero-order valence-corrected chi connectivity index (χ0v) is 11.7. The third kappa shape index (κ3) is 2.25. The van der Waals surface area contributed by atoms with Gasteiger partial charge in [0.2, 0.25) is 0 Å². The van der Waals surface area contributed by atoms with E-state index in [1.807, 2.05) is 22.9 Å². The third-order valence-corrected chi connectivity index (χ3v) is 3.48. The number of benzene rings is 2. The molecule has 0 spiro atoms. The van der Waals surface area contributed by atoms with Gasteiger partial charge in [-0.3, -0.25) is 0 Å². The number of ether oxygens (including phenoxy) is 1. The number of rotatable bonds is 4. The fraction of sp³-hybridized carbons (Fsp3) is 0.250. The van der Waals surface area contributed by atoms with E-state index in [4.69, 9.17) is 4.74 Å². The molecule has 3 rings (SSSR count). The molecule has 102 valence electrons. The summed E-state index contributed by atoms with van der Waals surface area (Å²) in [5, 5.41) is 8.42. The lowest BCUT2D eigenvalue weighted by atomic mass is 10.1. The average Bonchev–Trinajstić information content (AvgIpc) is 2.91. The maximum absolute atomic E-state index is 5.40. The molecule has 1 aromatic heterocycles. The van der Waals surface area contributed by atoms with E-state index in [1.165, 1.54) is 11.1 Å². The van der Waals surface area contributed by atoms with E-state index < -0.39 is 0 Å².